The maximum atomic E-state index is 12.6. The second-order valence-corrected chi connectivity index (χ2v) is 6.35. The van der Waals surface area contributed by atoms with Crippen molar-refractivity contribution in [1.29, 1.82) is 0 Å². The standard InChI is InChI=1S/C15H18ClN3O/c1-15(2,3)14(19-10-17-9-18-19)13(20)8-11-4-6-12(16)7-5-11/h4-7,9-10,14H,8H2,1-3H3. The number of Topliss-reactive ketones (excluding diaryl/α,β-unsaturated/α-hetero) is 1. The van der Waals surface area contributed by atoms with E-state index < -0.39 is 0 Å². The molecule has 106 valence electrons. The van der Waals surface area contributed by atoms with E-state index in [9.17, 15) is 4.79 Å². The summed E-state index contributed by atoms with van der Waals surface area (Å²) in [6.07, 6.45) is 3.41. The van der Waals surface area contributed by atoms with Crippen LogP contribution in [0.3, 0.4) is 0 Å². The second kappa shape index (κ2) is 5.75. The highest BCUT2D eigenvalue weighted by Gasteiger charge is 2.33. The lowest BCUT2D eigenvalue weighted by Crippen LogP contribution is -2.33. The van der Waals surface area contributed by atoms with Gasteiger partial charge >= 0.3 is 0 Å². The molecule has 5 heteroatoms. The van der Waals surface area contributed by atoms with Crippen LogP contribution in [0.2, 0.25) is 5.02 Å². The van der Waals surface area contributed by atoms with Crippen molar-refractivity contribution in [2.24, 2.45) is 5.41 Å². The first-order valence-electron chi connectivity index (χ1n) is 6.49. The van der Waals surface area contributed by atoms with E-state index in [-0.39, 0.29) is 17.2 Å². The molecule has 2 rings (SSSR count). The fourth-order valence-corrected chi connectivity index (χ4v) is 2.40. The number of rotatable bonds is 4. The predicted octanol–water partition coefficient (Wildman–Crippen LogP) is 3.33. The smallest absolute Gasteiger partial charge is 0.162 e. The lowest BCUT2D eigenvalue weighted by atomic mass is 9.82. The molecule has 0 spiro atoms. The van der Waals surface area contributed by atoms with Gasteiger partial charge in [0.05, 0.1) is 0 Å². The van der Waals surface area contributed by atoms with Gasteiger partial charge in [0.1, 0.15) is 18.7 Å². The zero-order chi connectivity index (χ0) is 14.8. The molecule has 1 unspecified atom stereocenters. The molecule has 0 fully saturated rings. The Labute approximate surface area is 123 Å². The lowest BCUT2D eigenvalue weighted by molar-refractivity contribution is -0.124. The number of ketones is 1. The monoisotopic (exact) mass is 291 g/mol. The zero-order valence-corrected chi connectivity index (χ0v) is 12.6. The second-order valence-electron chi connectivity index (χ2n) is 5.91. The SMILES string of the molecule is CC(C)(C)C(C(=O)Cc1ccc(Cl)cc1)n1cncn1. The van der Waals surface area contributed by atoms with E-state index in [0.29, 0.717) is 11.4 Å². The normalized spacial score (nSPS) is 13.2. The molecule has 0 saturated carbocycles. The molecule has 0 N–H and O–H groups in total. The van der Waals surface area contributed by atoms with Crippen LogP contribution in [-0.2, 0) is 11.2 Å². The van der Waals surface area contributed by atoms with Gasteiger partial charge in [0, 0.05) is 11.4 Å². The summed E-state index contributed by atoms with van der Waals surface area (Å²) in [5.74, 6) is 0.116. The van der Waals surface area contributed by atoms with Crippen molar-refractivity contribution in [3.8, 4) is 0 Å². The maximum absolute atomic E-state index is 12.6. The fourth-order valence-electron chi connectivity index (χ4n) is 2.28. The number of hydrogen-bond donors (Lipinski definition) is 0. The van der Waals surface area contributed by atoms with Gasteiger partial charge in [-0.2, -0.15) is 5.10 Å². The molecule has 20 heavy (non-hydrogen) atoms. The Morgan fingerprint density at radius 1 is 1.30 bits per heavy atom. The van der Waals surface area contributed by atoms with Crippen molar-refractivity contribution in [2.75, 3.05) is 0 Å². The summed E-state index contributed by atoms with van der Waals surface area (Å²) in [7, 11) is 0. The summed E-state index contributed by atoms with van der Waals surface area (Å²) in [5, 5.41) is 4.79. The minimum absolute atomic E-state index is 0.116. The van der Waals surface area contributed by atoms with E-state index >= 15 is 0 Å². The quantitative estimate of drug-likeness (QED) is 0.868. The van der Waals surface area contributed by atoms with Gasteiger partial charge in [0.2, 0.25) is 0 Å². The van der Waals surface area contributed by atoms with Crippen LogP contribution in [0.5, 0.6) is 0 Å². The molecule has 2 aromatic rings. The molecule has 1 aromatic carbocycles. The molecule has 0 aliphatic rings. The number of carbonyl (C=O) groups is 1. The minimum Gasteiger partial charge on any atom is -0.297 e. The van der Waals surface area contributed by atoms with Gasteiger partial charge < -0.3 is 0 Å². The first-order chi connectivity index (χ1) is 9.38. The van der Waals surface area contributed by atoms with Crippen molar-refractivity contribution in [3.05, 3.63) is 47.5 Å². The highest BCUT2D eigenvalue weighted by Crippen LogP contribution is 2.31. The molecular weight excluding hydrogens is 274 g/mol. The molecule has 0 radical (unpaired) electrons. The van der Waals surface area contributed by atoms with E-state index in [4.69, 9.17) is 11.6 Å². The minimum atomic E-state index is -0.333. The Hall–Kier alpha value is -1.68. The zero-order valence-electron chi connectivity index (χ0n) is 11.9. The molecule has 0 saturated heterocycles. The van der Waals surface area contributed by atoms with Crippen molar-refractivity contribution >= 4 is 17.4 Å². The summed E-state index contributed by atoms with van der Waals surface area (Å²) in [5.41, 5.74) is 0.728. The number of benzene rings is 1. The summed E-state index contributed by atoms with van der Waals surface area (Å²) in [4.78, 5) is 16.6. The number of aromatic nitrogens is 3. The van der Waals surface area contributed by atoms with Crippen LogP contribution < -0.4 is 0 Å². The Kier molecular flexibility index (Phi) is 4.23. The topological polar surface area (TPSA) is 47.8 Å². The number of nitrogens with zero attached hydrogens (tertiary/aromatic N) is 3. The highest BCUT2D eigenvalue weighted by atomic mass is 35.5. The highest BCUT2D eigenvalue weighted by molar-refractivity contribution is 6.30. The van der Waals surface area contributed by atoms with E-state index in [2.05, 4.69) is 10.1 Å². The van der Waals surface area contributed by atoms with Crippen LogP contribution in [0.25, 0.3) is 0 Å². The Balaban J connectivity index is 2.22. The van der Waals surface area contributed by atoms with Crippen LogP contribution in [0, 0.1) is 5.41 Å². The van der Waals surface area contributed by atoms with Crippen LogP contribution in [0.4, 0.5) is 0 Å². The van der Waals surface area contributed by atoms with Crippen molar-refractivity contribution in [3.63, 3.8) is 0 Å². The van der Waals surface area contributed by atoms with Gasteiger partial charge in [0.15, 0.2) is 5.78 Å². The van der Waals surface area contributed by atoms with E-state index in [0.717, 1.165) is 5.56 Å². The lowest BCUT2D eigenvalue weighted by Gasteiger charge is -2.29. The van der Waals surface area contributed by atoms with Gasteiger partial charge in [0.25, 0.3) is 0 Å². The molecule has 1 aromatic heterocycles. The molecule has 1 atom stereocenters. The fraction of sp³-hybridized carbons (Fsp3) is 0.400. The first-order valence-corrected chi connectivity index (χ1v) is 6.87. The number of carbonyl (C=O) groups excluding carboxylic acids is 1. The van der Waals surface area contributed by atoms with Gasteiger partial charge in [-0.3, -0.25) is 4.79 Å². The van der Waals surface area contributed by atoms with Crippen LogP contribution in [-0.4, -0.2) is 20.5 Å². The van der Waals surface area contributed by atoms with E-state index in [1.165, 1.54) is 6.33 Å². The average molecular weight is 292 g/mol. The number of halogens is 1. The van der Waals surface area contributed by atoms with Crippen molar-refractivity contribution in [2.45, 2.75) is 33.2 Å². The van der Waals surface area contributed by atoms with E-state index in [1.54, 1.807) is 23.1 Å². The summed E-state index contributed by atoms with van der Waals surface area (Å²) in [6.45, 7) is 6.08. The summed E-state index contributed by atoms with van der Waals surface area (Å²) >= 11 is 5.86. The molecule has 0 aliphatic heterocycles. The Morgan fingerprint density at radius 3 is 2.45 bits per heavy atom. The Bertz CT molecular complexity index is 570. The summed E-state index contributed by atoms with van der Waals surface area (Å²) < 4.78 is 1.64. The molecule has 0 bridgehead atoms. The van der Waals surface area contributed by atoms with E-state index in [1.807, 2.05) is 32.9 Å². The molecule has 1 heterocycles. The van der Waals surface area contributed by atoms with Crippen LogP contribution in [0.15, 0.2) is 36.9 Å². The average Bonchev–Trinajstić information content (AvgIpc) is 2.84. The largest absolute Gasteiger partial charge is 0.297 e. The molecule has 0 aliphatic carbocycles. The maximum Gasteiger partial charge on any atom is 0.162 e. The van der Waals surface area contributed by atoms with Crippen LogP contribution in [0.1, 0.15) is 32.4 Å². The number of hydrogen-bond acceptors (Lipinski definition) is 3. The third kappa shape index (κ3) is 3.45. The van der Waals surface area contributed by atoms with Gasteiger partial charge in [-0.1, -0.05) is 44.5 Å². The molecule has 0 amide bonds. The first kappa shape index (κ1) is 14.7. The summed E-state index contributed by atoms with van der Waals surface area (Å²) in [6, 6.07) is 7.01. The van der Waals surface area contributed by atoms with Gasteiger partial charge in [-0.25, -0.2) is 9.67 Å². The van der Waals surface area contributed by atoms with Crippen LogP contribution >= 0.6 is 11.6 Å². The predicted molar refractivity (Wildman–Crippen MR) is 78.7 cm³/mol. The van der Waals surface area contributed by atoms with Gasteiger partial charge in [-0.05, 0) is 23.1 Å². The van der Waals surface area contributed by atoms with Crippen molar-refractivity contribution < 1.29 is 4.79 Å². The third-order valence-electron chi connectivity index (χ3n) is 3.12. The third-order valence-corrected chi connectivity index (χ3v) is 3.37. The molecule has 4 nitrogen and oxygen atoms in total. The molecular formula is C15H18ClN3O. The van der Waals surface area contributed by atoms with Gasteiger partial charge in [-0.15, -0.1) is 0 Å². The Morgan fingerprint density at radius 2 is 1.95 bits per heavy atom. The van der Waals surface area contributed by atoms with Crippen molar-refractivity contribution in [1.82, 2.24) is 14.8 Å².